The Morgan fingerprint density at radius 3 is 1.34 bits per heavy atom. The van der Waals surface area contributed by atoms with E-state index in [2.05, 4.69) is 161 Å². The molecule has 15 heteroatoms. The Bertz CT molecular complexity index is 2180. The molecule has 0 aliphatic carbocycles. The molecule has 2 saturated heterocycles. The van der Waals surface area contributed by atoms with Gasteiger partial charge in [0.1, 0.15) is 11.6 Å². The fourth-order valence-electron chi connectivity index (χ4n) is 8.64. The van der Waals surface area contributed by atoms with Crippen LogP contribution in [0.4, 0.5) is 57.4 Å². The van der Waals surface area contributed by atoms with Crippen LogP contribution in [0.25, 0.3) is 0 Å². The highest BCUT2D eigenvalue weighted by atomic mass is 35.5. The Balaban J connectivity index is 0.000000161. The van der Waals surface area contributed by atoms with E-state index < -0.39 is 0 Å². The number of piperidine rings is 2. The van der Waals surface area contributed by atoms with Gasteiger partial charge in [-0.05, 0) is 75.1 Å². The maximum absolute atomic E-state index is 4.74. The molecule has 8 heterocycles. The molecule has 308 valence electrons. The molecule has 0 spiro atoms. The van der Waals surface area contributed by atoms with Crippen LogP contribution in [0.5, 0.6) is 0 Å². The van der Waals surface area contributed by atoms with Crippen molar-refractivity contribution in [1.29, 1.82) is 0 Å². The summed E-state index contributed by atoms with van der Waals surface area (Å²) in [5.41, 5.74) is 9.58. The lowest BCUT2D eigenvalue weighted by Gasteiger charge is -2.23. The van der Waals surface area contributed by atoms with Crippen molar-refractivity contribution in [3.05, 3.63) is 109 Å². The number of aromatic nitrogens is 6. The van der Waals surface area contributed by atoms with Crippen molar-refractivity contribution >= 4 is 69.8 Å². The molecule has 6 aromatic rings. The summed E-state index contributed by atoms with van der Waals surface area (Å²) in [6.07, 6.45) is 12.5. The van der Waals surface area contributed by atoms with Gasteiger partial charge in [-0.2, -0.15) is 10.2 Å². The van der Waals surface area contributed by atoms with E-state index in [9.17, 15) is 0 Å². The van der Waals surface area contributed by atoms with E-state index in [4.69, 9.17) is 10.2 Å². The van der Waals surface area contributed by atoms with E-state index in [1.54, 1.807) is 0 Å². The zero-order chi connectivity index (χ0) is 39.6. The van der Waals surface area contributed by atoms with Crippen LogP contribution in [-0.4, -0.2) is 83.9 Å². The number of halogens is 1. The van der Waals surface area contributed by atoms with Crippen LogP contribution in [0.1, 0.15) is 48.9 Å². The van der Waals surface area contributed by atoms with Gasteiger partial charge in [-0.25, -0.2) is 9.97 Å². The van der Waals surface area contributed by atoms with Crippen LogP contribution >= 0.6 is 12.4 Å². The molecule has 4 aliphatic heterocycles. The predicted octanol–water partition coefficient (Wildman–Crippen LogP) is 7.75. The van der Waals surface area contributed by atoms with Gasteiger partial charge >= 0.3 is 0 Å². The maximum atomic E-state index is 4.74. The number of para-hydroxylation sites is 2. The van der Waals surface area contributed by atoms with Crippen LogP contribution in [0.3, 0.4) is 0 Å². The average Bonchev–Trinajstić information content (AvgIpc) is 3.90. The van der Waals surface area contributed by atoms with E-state index in [1.165, 1.54) is 22.5 Å². The van der Waals surface area contributed by atoms with Gasteiger partial charge in [-0.15, -0.1) is 12.4 Å². The topological polar surface area (TPSA) is 122 Å². The summed E-state index contributed by atoms with van der Waals surface area (Å²) in [5.74, 6) is 3.28. The first-order valence-electron chi connectivity index (χ1n) is 20.5. The lowest BCUT2D eigenvalue weighted by Crippen LogP contribution is -2.29. The van der Waals surface area contributed by atoms with Crippen molar-refractivity contribution in [3.63, 3.8) is 0 Å². The van der Waals surface area contributed by atoms with E-state index >= 15 is 0 Å². The zero-order valence-electron chi connectivity index (χ0n) is 34.3. The summed E-state index contributed by atoms with van der Waals surface area (Å²) in [6.45, 7) is 5.95. The number of rotatable bonds is 6. The number of anilines is 10. The van der Waals surface area contributed by atoms with Crippen LogP contribution in [0.2, 0.25) is 0 Å². The second-order valence-corrected chi connectivity index (χ2v) is 15.8. The van der Waals surface area contributed by atoms with Gasteiger partial charge in [-0.3, -0.25) is 9.36 Å². The molecule has 0 amide bonds. The SMILES string of the molecule is CN1Cc2ccccc2N(C)c2cc(Nc3ccn(C4CCNCC4)n3)ncc21.CN1Cc2ccccc2N(C)c2cc(Nc3ccn(C4CCNCC4)n3)ncc21.Cl. The summed E-state index contributed by atoms with van der Waals surface area (Å²) in [6, 6.07) is 26.3. The van der Waals surface area contributed by atoms with Crippen LogP contribution in [0, 0.1) is 0 Å². The Hall–Kier alpha value is -5.83. The molecule has 4 aromatic heterocycles. The molecule has 59 heavy (non-hydrogen) atoms. The molecule has 14 nitrogen and oxygen atoms in total. The maximum Gasteiger partial charge on any atom is 0.153 e. The molecule has 0 radical (unpaired) electrons. The van der Waals surface area contributed by atoms with Gasteiger partial charge in [0.05, 0.1) is 47.2 Å². The second-order valence-electron chi connectivity index (χ2n) is 15.8. The van der Waals surface area contributed by atoms with Crippen molar-refractivity contribution in [1.82, 2.24) is 40.2 Å². The third-order valence-corrected chi connectivity index (χ3v) is 11.9. The second kappa shape index (κ2) is 17.6. The first kappa shape index (κ1) is 40.0. The summed E-state index contributed by atoms with van der Waals surface area (Å²) >= 11 is 0. The number of nitrogens with zero attached hydrogens (tertiary/aromatic N) is 10. The van der Waals surface area contributed by atoms with E-state index in [0.717, 1.165) is 111 Å². The number of pyridine rings is 2. The predicted molar refractivity (Wildman–Crippen MR) is 242 cm³/mol. The molecule has 2 aromatic carbocycles. The molecular formula is C44H55ClN14. The highest BCUT2D eigenvalue weighted by molar-refractivity contribution is 5.85. The minimum atomic E-state index is 0. The van der Waals surface area contributed by atoms with Crippen molar-refractivity contribution in [3.8, 4) is 0 Å². The molecule has 4 N–H and O–H groups in total. The first-order chi connectivity index (χ1) is 28.4. The number of benzene rings is 2. The molecule has 0 atom stereocenters. The number of nitrogens with one attached hydrogen (secondary N) is 4. The van der Waals surface area contributed by atoms with Gasteiger partial charge in [0.15, 0.2) is 11.6 Å². The average molecular weight is 815 g/mol. The molecule has 0 unspecified atom stereocenters. The number of hydrogen-bond donors (Lipinski definition) is 4. The Morgan fingerprint density at radius 1 is 0.508 bits per heavy atom. The minimum Gasteiger partial charge on any atom is -0.367 e. The van der Waals surface area contributed by atoms with Gasteiger partial charge in [0, 0.05) is 89.3 Å². The molecule has 2 fully saturated rings. The van der Waals surface area contributed by atoms with Crippen LogP contribution < -0.4 is 40.9 Å². The van der Waals surface area contributed by atoms with Crippen molar-refractivity contribution in [2.45, 2.75) is 50.9 Å². The van der Waals surface area contributed by atoms with Gasteiger partial charge < -0.3 is 40.9 Å². The molecule has 4 aliphatic rings. The van der Waals surface area contributed by atoms with E-state index in [-0.39, 0.29) is 12.4 Å². The summed E-state index contributed by atoms with van der Waals surface area (Å²) < 4.78 is 4.17. The molecule has 10 rings (SSSR count). The lowest BCUT2D eigenvalue weighted by atomic mass is 10.1. The summed E-state index contributed by atoms with van der Waals surface area (Å²) in [5, 5.41) is 23.1. The highest BCUT2D eigenvalue weighted by Crippen LogP contribution is 2.41. The number of fused-ring (bicyclic) bond motifs is 4. The minimum absolute atomic E-state index is 0. The largest absolute Gasteiger partial charge is 0.367 e. The fourth-order valence-corrected chi connectivity index (χ4v) is 8.64. The lowest BCUT2D eigenvalue weighted by molar-refractivity contribution is 0.344. The molecular weight excluding hydrogens is 760 g/mol. The third kappa shape index (κ3) is 8.52. The van der Waals surface area contributed by atoms with Gasteiger partial charge in [0.2, 0.25) is 0 Å². The van der Waals surface area contributed by atoms with Crippen molar-refractivity contribution < 1.29 is 0 Å². The standard InChI is InChI=1S/2C22H27N7.ClH/c2*1-27-15-16-5-3-4-6-18(16)28(2)19-13-22(24-14-20(19)27)25-21-9-12-29(26-21)17-7-10-23-11-8-17;/h2*3-6,9,12-14,17,23H,7-8,10-11,15H2,1-2H3,(H,24,25,26);1H. The third-order valence-electron chi connectivity index (χ3n) is 11.9. The molecule has 0 bridgehead atoms. The number of hydrogen-bond acceptors (Lipinski definition) is 12. The van der Waals surface area contributed by atoms with Crippen LogP contribution in [0.15, 0.2) is 97.6 Å². The van der Waals surface area contributed by atoms with Gasteiger partial charge in [-0.1, -0.05) is 36.4 Å². The van der Waals surface area contributed by atoms with E-state index in [1.807, 2.05) is 24.5 Å². The zero-order valence-corrected chi connectivity index (χ0v) is 35.2. The smallest absolute Gasteiger partial charge is 0.153 e. The summed E-state index contributed by atoms with van der Waals surface area (Å²) in [7, 11) is 8.47. The Morgan fingerprint density at radius 2 is 0.915 bits per heavy atom. The Kier molecular flexibility index (Phi) is 11.9. The fraction of sp³-hybridized carbons (Fsp3) is 0.364. The highest BCUT2D eigenvalue weighted by Gasteiger charge is 2.24. The van der Waals surface area contributed by atoms with Crippen LogP contribution in [-0.2, 0) is 13.1 Å². The molecule has 0 saturated carbocycles. The van der Waals surface area contributed by atoms with Crippen molar-refractivity contribution in [2.24, 2.45) is 0 Å². The summed E-state index contributed by atoms with van der Waals surface area (Å²) in [4.78, 5) is 18.3. The normalized spacial score (nSPS) is 16.6. The van der Waals surface area contributed by atoms with E-state index in [0.29, 0.717) is 12.1 Å². The first-order valence-corrected chi connectivity index (χ1v) is 20.5. The quantitative estimate of drug-likeness (QED) is 0.132. The monoisotopic (exact) mass is 814 g/mol. The van der Waals surface area contributed by atoms with Crippen molar-refractivity contribution in [2.75, 3.05) is 84.6 Å². The Labute approximate surface area is 353 Å². The van der Waals surface area contributed by atoms with Gasteiger partial charge in [0.25, 0.3) is 0 Å².